The number of carbonyl (C=O) groups excluding carboxylic acids is 3. The second-order valence-electron chi connectivity index (χ2n) is 6.02. The van der Waals surface area contributed by atoms with Crippen LogP contribution in [0.1, 0.15) is 10.4 Å². The molecular formula is C21H18N4O3. The molecule has 3 aromatic carbocycles. The third-order valence-corrected chi connectivity index (χ3v) is 4.21. The van der Waals surface area contributed by atoms with E-state index in [0.717, 1.165) is 15.7 Å². The lowest BCUT2D eigenvalue weighted by molar-refractivity contribution is -0.119. The number of anilines is 3. The summed E-state index contributed by atoms with van der Waals surface area (Å²) >= 11 is 0. The summed E-state index contributed by atoms with van der Waals surface area (Å²) < 4.78 is 0. The minimum Gasteiger partial charge on any atom is -0.398 e. The molecule has 28 heavy (non-hydrogen) atoms. The van der Waals surface area contributed by atoms with Gasteiger partial charge in [-0.1, -0.05) is 36.4 Å². The molecule has 0 saturated carbocycles. The summed E-state index contributed by atoms with van der Waals surface area (Å²) in [7, 11) is 0. The van der Waals surface area contributed by atoms with Gasteiger partial charge in [0.05, 0.1) is 11.3 Å². The Morgan fingerprint density at radius 1 is 0.714 bits per heavy atom. The summed E-state index contributed by atoms with van der Waals surface area (Å²) in [5.41, 5.74) is 18.3. The molecule has 1 aliphatic rings. The Labute approximate surface area is 161 Å². The van der Waals surface area contributed by atoms with Gasteiger partial charge < -0.3 is 17.2 Å². The van der Waals surface area contributed by atoms with Crippen LogP contribution in [0.2, 0.25) is 0 Å². The Morgan fingerprint density at radius 3 is 1.86 bits per heavy atom. The fraction of sp³-hybridized carbons (Fsp3) is 0. The zero-order valence-corrected chi connectivity index (χ0v) is 14.8. The third kappa shape index (κ3) is 3.54. The van der Waals surface area contributed by atoms with Crippen LogP contribution >= 0.6 is 0 Å². The summed E-state index contributed by atoms with van der Waals surface area (Å²) in [6.45, 7) is 0. The van der Waals surface area contributed by atoms with Crippen molar-refractivity contribution in [2.75, 3.05) is 16.4 Å². The largest absolute Gasteiger partial charge is 0.398 e. The molecule has 3 aromatic rings. The van der Waals surface area contributed by atoms with Crippen LogP contribution in [0.4, 0.5) is 17.1 Å². The zero-order chi connectivity index (χ0) is 20.3. The lowest BCUT2D eigenvalue weighted by Gasteiger charge is -2.17. The molecule has 4 rings (SSSR count). The van der Waals surface area contributed by atoms with Crippen LogP contribution in [0.15, 0.2) is 72.8 Å². The van der Waals surface area contributed by atoms with Crippen molar-refractivity contribution in [1.82, 2.24) is 0 Å². The second-order valence-corrected chi connectivity index (χ2v) is 6.02. The first kappa shape index (κ1) is 18.7. The van der Waals surface area contributed by atoms with Gasteiger partial charge in [-0.3, -0.25) is 14.4 Å². The maximum atomic E-state index is 11.7. The molecule has 0 aromatic heterocycles. The molecule has 0 aliphatic carbocycles. The predicted molar refractivity (Wildman–Crippen MR) is 109 cm³/mol. The van der Waals surface area contributed by atoms with E-state index < -0.39 is 5.91 Å². The molecule has 1 heterocycles. The van der Waals surface area contributed by atoms with Gasteiger partial charge in [-0.25, -0.2) is 4.90 Å². The maximum absolute atomic E-state index is 11.7. The van der Waals surface area contributed by atoms with Crippen LogP contribution in [-0.2, 0) is 9.59 Å². The number of imide groups is 1. The molecule has 0 bridgehead atoms. The van der Waals surface area contributed by atoms with Crippen molar-refractivity contribution in [3.05, 3.63) is 78.4 Å². The summed E-state index contributed by atoms with van der Waals surface area (Å²) in [6, 6.07) is 17.5. The molecule has 3 amide bonds. The predicted octanol–water partition coefficient (Wildman–Crippen LogP) is 2.22. The van der Waals surface area contributed by atoms with E-state index in [2.05, 4.69) is 0 Å². The minimum atomic E-state index is -0.488. The van der Waals surface area contributed by atoms with E-state index >= 15 is 0 Å². The van der Waals surface area contributed by atoms with Crippen molar-refractivity contribution in [1.29, 1.82) is 0 Å². The van der Waals surface area contributed by atoms with Gasteiger partial charge in [-0.05, 0) is 24.3 Å². The third-order valence-electron chi connectivity index (χ3n) is 4.21. The van der Waals surface area contributed by atoms with Crippen molar-refractivity contribution < 1.29 is 14.4 Å². The standard InChI is InChI=1S/C14H10N2O2.C7H8N2O/c15-11-5-6-12(10-4-2-1-3-9(10)11)16-13(17)7-8-14(16)18;8-6-4-2-1-3-5(6)7(9)10/h1-8H,15H2;1-4H,8H2,(H2,9,10). The molecule has 0 fully saturated rings. The Kier molecular flexibility index (Phi) is 5.08. The number of nitrogens with two attached hydrogens (primary N) is 3. The molecule has 7 heteroatoms. The van der Waals surface area contributed by atoms with E-state index in [1.165, 1.54) is 12.2 Å². The molecule has 0 spiro atoms. The van der Waals surface area contributed by atoms with E-state index in [1.54, 1.807) is 36.4 Å². The highest BCUT2D eigenvalue weighted by atomic mass is 16.2. The molecular weight excluding hydrogens is 356 g/mol. The number of benzene rings is 3. The topological polar surface area (TPSA) is 133 Å². The number of fused-ring (bicyclic) bond motifs is 1. The SMILES string of the molecule is NC(=O)c1ccccc1N.Nc1ccc(N2C(=O)C=CC2=O)c2ccccc12. The fourth-order valence-electron chi connectivity index (χ4n) is 2.86. The zero-order valence-electron chi connectivity index (χ0n) is 14.8. The average molecular weight is 374 g/mol. The first-order valence-electron chi connectivity index (χ1n) is 8.38. The number of rotatable bonds is 2. The molecule has 0 unspecified atom stereocenters. The Bertz CT molecular complexity index is 1100. The van der Waals surface area contributed by atoms with Gasteiger partial charge in [0.15, 0.2) is 0 Å². The van der Waals surface area contributed by atoms with Crippen LogP contribution < -0.4 is 22.1 Å². The molecule has 0 radical (unpaired) electrons. The van der Waals surface area contributed by atoms with Gasteiger partial charge >= 0.3 is 0 Å². The van der Waals surface area contributed by atoms with Crippen molar-refractivity contribution in [3.63, 3.8) is 0 Å². The number of para-hydroxylation sites is 1. The van der Waals surface area contributed by atoms with Gasteiger partial charge in [0.25, 0.3) is 17.7 Å². The summed E-state index contributed by atoms with van der Waals surface area (Å²) in [6.07, 6.45) is 2.54. The van der Waals surface area contributed by atoms with Gasteiger partial charge in [-0.15, -0.1) is 0 Å². The van der Waals surface area contributed by atoms with Crippen LogP contribution in [0.5, 0.6) is 0 Å². The number of hydrogen-bond donors (Lipinski definition) is 3. The number of hydrogen-bond acceptors (Lipinski definition) is 5. The highest BCUT2D eigenvalue weighted by Gasteiger charge is 2.26. The Morgan fingerprint density at radius 2 is 1.29 bits per heavy atom. The van der Waals surface area contributed by atoms with E-state index in [-0.39, 0.29) is 11.8 Å². The lowest BCUT2D eigenvalue weighted by Crippen LogP contribution is -2.29. The monoisotopic (exact) mass is 374 g/mol. The van der Waals surface area contributed by atoms with Gasteiger partial charge in [0.1, 0.15) is 0 Å². The average Bonchev–Trinajstić information content (AvgIpc) is 3.02. The van der Waals surface area contributed by atoms with E-state index in [9.17, 15) is 14.4 Å². The van der Waals surface area contributed by atoms with Crippen molar-refractivity contribution >= 4 is 45.6 Å². The highest BCUT2D eigenvalue weighted by Crippen LogP contribution is 2.32. The smallest absolute Gasteiger partial charge is 0.258 e. The normalized spacial score (nSPS) is 12.8. The van der Waals surface area contributed by atoms with E-state index in [4.69, 9.17) is 17.2 Å². The minimum absolute atomic E-state index is 0.324. The van der Waals surface area contributed by atoms with Crippen molar-refractivity contribution in [3.8, 4) is 0 Å². The van der Waals surface area contributed by atoms with Crippen LogP contribution in [-0.4, -0.2) is 17.7 Å². The number of carbonyl (C=O) groups is 3. The number of nitrogens with zero attached hydrogens (tertiary/aromatic N) is 1. The van der Waals surface area contributed by atoms with Gasteiger partial charge in [0, 0.05) is 34.3 Å². The number of nitrogen functional groups attached to an aromatic ring is 2. The van der Waals surface area contributed by atoms with E-state index in [1.807, 2.05) is 24.3 Å². The Balaban J connectivity index is 0.000000192. The fourth-order valence-corrected chi connectivity index (χ4v) is 2.86. The van der Waals surface area contributed by atoms with Crippen molar-refractivity contribution in [2.45, 2.75) is 0 Å². The molecule has 1 aliphatic heterocycles. The molecule has 6 N–H and O–H groups in total. The summed E-state index contributed by atoms with van der Waals surface area (Å²) in [5.74, 6) is -1.14. The number of amides is 3. The Hall–Kier alpha value is -4.13. The van der Waals surface area contributed by atoms with Crippen molar-refractivity contribution in [2.24, 2.45) is 5.73 Å². The first-order valence-corrected chi connectivity index (χ1v) is 8.38. The summed E-state index contributed by atoms with van der Waals surface area (Å²) in [5, 5.41) is 1.63. The van der Waals surface area contributed by atoms with Crippen LogP contribution in [0.3, 0.4) is 0 Å². The second kappa shape index (κ2) is 7.63. The van der Waals surface area contributed by atoms with E-state index in [0.29, 0.717) is 22.6 Å². The quantitative estimate of drug-likeness (QED) is 0.467. The first-order chi connectivity index (χ1) is 13.4. The van der Waals surface area contributed by atoms with Gasteiger partial charge in [-0.2, -0.15) is 0 Å². The molecule has 0 atom stereocenters. The summed E-state index contributed by atoms with van der Waals surface area (Å²) in [4.78, 5) is 35.1. The lowest BCUT2D eigenvalue weighted by atomic mass is 10.1. The number of primary amides is 1. The maximum Gasteiger partial charge on any atom is 0.258 e. The molecule has 0 saturated heterocycles. The highest BCUT2D eigenvalue weighted by molar-refractivity contribution is 6.30. The molecule has 7 nitrogen and oxygen atoms in total. The molecule has 140 valence electrons. The van der Waals surface area contributed by atoms with Gasteiger partial charge in [0.2, 0.25) is 0 Å². The van der Waals surface area contributed by atoms with Crippen LogP contribution in [0.25, 0.3) is 10.8 Å². The van der Waals surface area contributed by atoms with Crippen LogP contribution in [0, 0.1) is 0 Å².